The third-order valence-corrected chi connectivity index (χ3v) is 2.89. The van der Waals surface area contributed by atoms with Crippen LogP contribution in [0.25, 0.3) is 0 Å². The molecule has 0 saturated heterocycles. The standard InChI is InChI=1S/C15H15F2NO/c1-2-13(18)10-6-8-11(9-7-10)19-14-5-3-4-12(16)15(14)17/h3-9,13H,2,18H2,1H3. The van der Waals surface area contributed by atoms with E-state index in [1.807, 2.05) is 19.1 Å². The van der Waals surface area contributed by atoms with Crippen molar-refractivity contribution in [3.05, 3.63) is 59.7 Å². The van der Waals surface area contributed by atoms with Gasteiger partial charge in [0.15, 0.2) is 11.6 Å². The predicted molar refractivity (Wildman–Crippen MR) is 70.1 cm³/mol. The van der Waals surface area contributed by atoms with Gasteiger partial charge in [0.05, 0.1) is 0 Å². The van der Waals surface area contributed by atoms with E-state index >= 15 is 0 Å². The molecule has 2 nitrogen and oxygen atoms in total. The van der Waals surface area contributed by atoms with Crippen LogP contribution < -0.4 is 10.5 Å². The zero-order valence-corrected chi connectivity index (χ0v) is 10.6. The summed E-state index contributed by atoms with van der Waals surface area (Å²) in [7, 11) is 0. The molecule has 2 aromatic rings. The Labute approximate surface area is 110 Å². The molecule has 0 bridgehead atoms. The fourth-order valence-electron chi connectivity index (χ4n) is 1.71. The summed E-state index contributed by atoms with van der Waals surface area (Å²) >= 11 is 0. The summed E-state index contributed by atoms with van der Waals surface area (Å²) < 4.78 is 31.8. The number of rotatable bonds is 4. The average molecular weight is 263 g/mol. The van der Waals surface area contributed by atoms with Crippen molar-refractivity contribution < 1.29 is 13.5 Å². The highest BCUT2D eigenvalue weighted by atomic mass is 19.2. The third-order valence-electron chi connectivity index (χ3n) is 2.89. The van der Waals surface area contributed by atoms with Crippen molar-refractivity contribution in [2.75, 3.05) is 0 Å². The molecule has 100 valence electrons. The molecule has 2 aromatic carbocycles. The van der Waals surface area contributed by atoms with Crippen LogP contribution in [0, 0.1) is 11.6 Å². The predicted octanol–water partition coefficient (Wildman–Crippen LogP) is 4.17. The van der Waals surface area contributed by atoms with Gasteiger partial charge in [0.2, 0.25) is 5.82 Å². The lowest BCUT2D eigenvalue weighted by molar-refractivity contribution is 0.416. The van der Waals surface area contributed by atoms with E-state index in [1.165, 1.54) is 12.1 Å². The molecule has 4 heteroatoms. The smallest absolute Gasteiger partial charge is 0.201 e. The second-order valence-electron chi connectivity index (χ2n) is 4.24. The van der Waals surface area contributed by atoms with Gasteiger partial charge < -0.3 is 10.5 Å². The SMILES string of the molecule is CCC(N)c1ccc(Oc2cccc(F)c2F)cc1. The molecule has 0 amide bonds. The summed E-state index contributed by atoms with van der Waals surface area (Å²) in [5.74, 6) is -1.61. The van der Waals surface area contributed by atoms with Crippen LogP contribution in [0.3, 0.4) is 0 Å². The van der Waals surface area contributed by atoms with Crippen LogP contribution in [-0.4, -0.2) is 0 Å². The van der Waals surface area contributed by atoms with Crippen LogP contribution in [0.15, 0.2) is 42.5 Å². The molecule has 0 spiro atoms. The van der Waals surface area contributed by atoms with Gasteiger partial charge in [-0.3, -0.25) is 0 Å². The molecule has 0 aromatic heterocycles. The molecule has 2 N–H and O–H groups in total. The number of nitrogens with two attached hydrogens (primary N) is 1. The van der Waals surface area contributed by atoms with Gasteiger partial charge in [0.25, 0.3) is 0 Å². The van der Waals surface area contributed by atoms with Crippen molar-refractivity contribution in [3.8, 4) is 11.5 Å². The summed E-state index contributed by atoms with van der Waals surface area (Å²) in [6.07, 6.45) is 0.832. The van der Waals surface area contributed by atoms with Gasteiger partial charge in [-0.25, -0.2) is 4.39 Å². The van der Waals surface area contributed by atoms with Crippen LogP contribution >= 0.6 is 0 Å². The Balaban J connectivity index is 2.18. The van der Waals surface area contributed by atoms with E-state index in [1.54, 1.807) is 12.1 Å². The quantitative estimate of drug-likeness (QED) is 0.898. The zero-order chi connectivity index (χ0) is 13.8. The van der Waals surface area contributed by atoms with Gasteiger partial charge in [0, 0.05) is 6.04 Å². The average Bonchev–Trinajstić information content (AvgIpc) is 2.44. The third kappa shape index (κ3) is 3.09. The lowest BCUT2D eigenvalue weighted by Gasteiger charge is -2.11. The maximum atomic E-state index is 13.4. The largest absolute Gasteiger partial charge is 0.454 e. The monoisotopic (exact) mass is 263 g/mol. The van der Waals surface area contributed by atoms with Crippen molar-refractivity contribution in [3.63, 3.8) is 0 Å². The number of halogens is 2. The van der Waals surface area contributed by atoms with Gasteiger partial charge in [-0.15, -0.1) is 0 Å². The Morgan fingerprint density at radius 1 is 1.11 bits per heavy atom. The Morgan fingerprint density at radius 2 is 1.79 bits per heavy atom. The molecule has 0 radical (unpaired) electrons. The molecule has 0 aliphatic rings. The highest BCUT2D eigenvalue weighted by molar-refractivity contribution is 5.34. The van der Waals surface area contributed by atoms with Crippen molar-refractivity contribution in [1.29, 1.82) is 0 Å². The fourth-order valence-corrected chi connectivity index (χ4v) is 1.71. The normalized spacial score (nSPS) is 12.2. The maximum Gasteiger partial charge on any atom is 0.201 e. The maximum absolute atomic E-state index is 13.4. The minimum Gasteiger partial charge on any atom is -0.454 e. The fraction of sp³-hybridized carbons (Fsp3) is 0.200. The molecule has 0 saturated carbocycles. The molecule has 0 heterocycles. The summed E-state index contributed by atoms with van der Waals surface area (Å²) in [4.78, 5) is 0. The Hall–Kier alpha value is -1.94. The first-order valence-electron chi connectivity index (χ1n) is 6.09. The van der Waals surface area contributed by atoms with Crippen molar-refractivity contribution in [1.82, 2.24) is 0 Å². The van der Waals surface area contributed by atoms with Crippen molar-refractivity contribution in [2.24, 2.45) is 5.73 Å². The van der Waals surface area contributed by atoms with Gasteiger partial charge in [0.1, 0.15) is 5.75 Å². The number of ether oxygens (including phenoxy) is 1. The lowest BCUT2D eigenvalue weighted by Crippen LogP contribution is -2.08. The summed E-state index contributed by atoms with van der Waals surface area (Å²) in [5, 5.41) is 0. The zero-order valence-electron chi connectivity index (χ0n) is 10.6. The molecule has 1 atom stereocenters. The van der Waals surface area contributed by atoms with Crippen LogP contribution in [0.2, 0.25) is 0 Å². The van der Waals surface area contributed by atoms with Gasteiger partial charge in [-0.05, 0) is 36.2 Å². The highest BCUT2D eigenvalue weighted by Crippen LogP contribution is 2.26. The minimum absolute atomic E-state index is 0.0278. The van der Waals surface area contributed by atoms with Crippen LogP contribution in [-0.2, 0) is 0 Å². The molecule has 2 rings (SSSR count). The van der Waals surface area contributed by atoms with Crippen LogP contribution in [0.4, 0.5) is 8.78 Å². The summed E-state index contributed by atoms with van der Waals surface area (Å²) in [6, 6.07) is 10.8. The molecule has 0 fully saturated rings. The molecule has 0 aliphatic carbocycles. The Morgan fingerprint density at radius 3 is 2.42 bits per heavy atom. The number of hydrogen-bond donors (Lipinski definition) is 1. The first kappa shape index (κ1) is 13.5. The van der Waals surface area contributed by atoms with E-state index < -0.39 is 11.6 Å². The molecule has 0 aliphatic heterocycles. The molecule has 19 heavy (non-hydrogen) atoms. The van der Waals surface area contributed by atoms with Crippen molar-refractivity contribution in [2.45, 2.75) is 19.4 Å². The summed E-state index contributed by atoms with van der Waals surface area (Å²) in [6.45, 7) is 2.00. The van der Waals surface area contributed by atoms with Gasteiger partial charge in [-0.1, -0.05) is 25.1 Å². The van der Waals surface area contributed by atoms with Crippen molar-refractivity contribution >= 4 is 0 Å². The second kappa shape index (κ2) is 5.80. The Bertz CT molecular complexity index is 555. The minimum atomic E-state index is -0.989. The van der Waals surface area contributed by atoms with E-state index in [0.29, 0.717) is 5.75 Å². The van der Waals surface area contributed by atoms with Crippen LogP contribution in [0.1, 0.15) is 24.9 Å². The molecular weight excluding hydrogens is 248 g/mol. The summed E-state index contributed by atoms with van der Waals surface area (Å²) in [5.41, 5.74) is 6.87. The first-order valence-corrected chi connectivity index (χ1v) is 6.09. The van der Waals surface area contributed by atoms with E-state index in [-0.39, 0.29) is 11.8 Å². The first-order chi connectivity index (χ1) is 9.11. The topological polar surface area (TPSA) is 35.2 Å². The van der Waals surface area contributed by atoms with E-state index in [0.717, 1.165) is 18.1 Å². The highest BCUT2D eigenvalue weighted by Gasteiger charge is 2.10. The molecular formula is C15H15F2NO. The van der Waals surface area contributed by atoms with E-state index in [9.17, 15) is 8.78 Å². The van der Waals surface area contributed by atoms with Gasteiger partial charge in [-0.2, -0.15) is 4.39 Å². The number of benzene rings is 2. The number of hydrogen-bond acceptors (Lipinski definition) is 2. The van der Waals surface area contributed by atoms with E-state index in [4.69, 9.17) is 10.5 Å². The van der Waals surface area contributed by atoms with Gasteiger partial charge >= 0.3 is 0 Å². The lowest BCUT2D eigenvalue weighted by atomic mass is 10.1. The Kier molecular flexibility index (Phi) is 4.12. The van der Waals surface area contributed by atoms with Crippen LogP contribution in [0.5, 0.6) is 11.5 Å². The second-order valence-corrected chi connectivity index (χ2v) is 4.24. The molecule has 1 unspecified atom stereocenters. The van der Waals surface area contributed by atoms with E-state index in [2.05, 4.69) is 0 Å².